The molecule has 0 aromatic heterocycles. The molecule has 0 heterocycles. The topological polar surface area (TPSA) is 32.4 Å². The van der Waals surface area contributed by atoms with Crippen LogP contribution in [0.3, 0.4) is 0 Å². The van der Waals surface area contributed by atoms with E-state index in [-0.39, 0.29) is 0 Å². The lowest BCUT2D eigenvalue weighted by Crippen LogP contribution is -2.30. The molecule has 0 rings (SSSR count). The van der Waals surface area contributed by atoms with Crippen LogP contribution < -0.4 is 0 Å². The molecule has 0 saturated heterocycles. The van der Waals surface area contributed by atoms with E-state index in [1.807, 2.05) is 0 Å². The lowest BCUT2D eigenvalue weighted by Gasteiger charge is -2.22. The monoisotopic (exact) mass is 230 g/mol. The molecule has 0 aromatic rings. The van der Waals surface area contributed by atoms with Crippen molar-refractivity contribution >= 4 is 0 Å². The summed E-state index contributed by atoms with van der Waals surface area (Å²) in [6, 6.07) is 0. The van der Waals surface area contributed by atoms with E-state index < -0.39 is 6.29 Å². The van der Waals surface area contributed by atoms with E-state index in [1.165, 1.54) is 38.5 Å². The van der Waals surface area contributed by atoms with Gasteiger partial charge in [-0.05, 0) is 19.8 Å². The van der Waals surface area contributed by atoms with E-state index in [0.717, 1.165) is 13.1 Å². The van der Waals surface area contributed by atoms with Gasteiger partial charge in [0.1, 0.15) is 6.73 Å². The van der Waals surface area contributed by atoms with Crippen molar-refractivity contribution in [1.82, 2.24) is 4.90 Å². The van der Waals surface area contributed by atoms with Crippen LogP contribution in [0.25, 0.3) is 0 Å². The highest BCUT2D eigenvalue weighted by molar-refractivity contribution is 4.54. The Labute approximate surface area is 101 Å². The smallest absolute Gasteiger partial charge is 0.190 e. The molecule has 97 valence electrons. The Kier molecular flexibility index (Phi) is 11.3. The number of ether oxygens (including phenoxy) is 1. The van der Waals surface area contributed by atoms with Gasteiger partial charge in [-0.3, -0.25) is 4.90 Å². The molecule has 3 nitrogen and oxygen atoms in total. The minimum Gasteiger partial charge on any atom is -0.334 e. The van der Waals surface area contributed by atoms with Crippen LogP contribution in [-0.2, 0) is 9.84 Å². The lowest BCUT2D eigenvalue weighted by molar-refractivity contribution is -0.155. The fourth-order valence-corrected chi connectivity index (χ4v) is 1.62. The van der Waals surface area contributed by atoms with Crippen molar-refractivity contribution in [3.8, 4) is 0 Å². The van der Waals surface area contributed by atoms with E-state index in [0.29, 0.717) is 6.73 Å². The number of hydrogen-bond donors (Lipinski definition) is 0. The minimum atomic E-state index is -0.903. The molecule has 0 amide bonds. The Morgan fingerprint density at radius 1 is 1.00 bits per heavy atom. The molecule has 0 N–H and O–H groups in total. The second-order valence-corrected chi connectivity index (χ2v) is 4.40. The number of rotatable bonds is 11. The first-order chi connectivity index (χ1) is 7.70. The number of nitrogens with zero attached hydrogens (tertiary/aromatic N) is 1. The van der Waals surface area contributed by atoms with Crippen LogP contribution in [0.15, 0.2) is 0 Å². The summed E-state index contributed by atoms with van der Waals surface area (Å²) in [5, 5.41) is 10.8. The summed E-state index contributed by atoms with van der Waals surface area (Å²) in [7, 11) is 0. The summed E-state index contributed by atoms with van der Waals surface area (Å²) < 4.78 is 5.14. The van der Waals surface area contributed by atoms with Crippen molar-refractivity contribution < 1.29 is 9.84 Å². The van der Waals surface area contributed by atoms with Crippen molar-refractivity contribution in [3.05, 3.63) is 0 Å². The molecule has 1 radical (unpaired) electrons. The van der Waals surface area contributed by atoms with Crippen molar-refractivity contribution in [3.63, 3.8) is 0 Å². The molecule has 0 aromatic carbocycles. The van der Waals surface area contributed by atoms with Crippen molar-refractivity contribution in [2.24, 2.45) is 0 Å². The highest BCUT2D eigenvalue weighted by Crippen LogP contribution is 2.03. The maximum absolute atomic E-state index is 10.8. The first-order valence-corrected chi connectivity index (χ1v) is 6.70. The highest BCUT2D eigenvalue weighted by Gasteiger charge is 2.06. The summed E-state index contributed by atoms with van der Waals surface area (Å²) >= 11 is 0. The largest absolute Gasteiger partial charge is 0.334 e. The zero-order valence-electron chi connectivity index (χ0n) is 11.2. The second-order valence-electron chi connectivity index (χ2n) is 4.40. The van der Waals surface area contributed by atoms with Gasteiger partial charge in [0.15, 0.2) is 6.29 Å². The Morgan fingerprint density at radius 3 is 1.88 bits per heavy atom. The average molecular weight is 230 g/mol. The predicted octanol–water partition coefficient (Wildman–Crippen LogP) is 3.42. The molecule has 3 heteroatoms. The first-order valence-electron chi connectivity index (χ1n) is 6.70. The summed E-state index contributed by atoms with van der Waals surface area (Å²) in [5.41, 5.74) is 0. The third-order valence-electron chi connectivity index (χ3n) is 2.65. The fraction of sp³-hybridized carbons (Fsp3) is 1.00. The van der Waals surface area contributed by atoms with Crippen LogP contribution in [0.1, 0.15) is 59.3 Å². The zero-order chi connectivity index (χ0) is 12.2. The van der Waals surface area contributed by atoms with Gasteiger partial charge in [-0.25, -0.2) is 5.11 Å². The van der Waals surface area contributed by atoms with Crippen LogP contribution in [0, 0.1) is 0 Å². The van der Waals surface area contributed by atoms with E-state index >= 15 is 0 Å². The van der Waals surface area contributed by atoms with Crippen LogP contribution in [0.5, 0.6) is 0 Å². The molecular formula is C13H28NO2. The second kappa shape index (κ2) is 11.4. The molecule has 0 saturated carbocycles. The summed E-state index contributed by atoms with van der Waals surface area (Å²) in [5.74, 6) is 0. The van der Waals surface area contributed by atoms with E-state index in [9.17, 15) is 5.11 Å². The average Bonchev–Trinajstić information content (AvgIpc) is 2.25. The van der Waals surface area contributed by atoms with Gasteiger partial charge in [0.2, 0.25) is 0 Å². The molecule has 1 atom stereocenters. The normalized spacial score (nSPS) is 13.3. The van der Waals surface area contributed by atoms with Gasteiger partial charge in [-0.15, -0.1) is 0 Å². The first kappa shape index (κ1) is 15.9. The van der Waals surface area contributed by atoms with Crippen LogP contribution >= 0.6 is 0 Å². The Hall–Kier alpha value is -0.120. The zero-order valence-corrected chi connectivity index (χ0v) is 11.2. The molecule has 0 aliphatic carbocycles. The maximum atomic E-state index is 10.8. The van der Waals surface area contributed by atoms with Crippen LogP contribution in [0.4, 0.5) is 0 Å². The summed E-state index contributed by atoms with van der Waals surface area (Å²) in [6.45, 7) is 8.58. The van der Waals surface area contributed by atoms with Gasteiger partial charge in [-0.2, -0.15) is 0 Å². The number of unbranched alkanes of at least 4 members (excludes halogenated alkanes) is 4. The Morgan fingerprint density at radius 2 is 1.50 bits per heavy atom. The molecule has 0 fully saturated rings. The number of hydrogen-bond acceptors (Lipinski definition) is 2. The van der Waals surface area contributed by atoms with Gasteiger partial charge >= 0.3 is 0 Å². The van der Waals surface area contributed by atoms with Crippen molar-refractivity contribution in [1.29, 1.82) is 0 Å². The van der Waals surface area contributed by atoms with Crippen molar-refractivity contribution in [2.45, 2.75) is 65.6 Å². The molecule has 0 aliphatic rings. The molecule has 0 spiro atoms. The Balaban J connectivity index is 3.67. The van der Waals surface area contributed by atoms with E-state index in [2.05, 4.69) is 18.7 Å². The van der Waals surface area contributed by atoms with Gasteiger partial charge in [0.25, 0.3) is 0 Å². The molecule has 0 bridgehead atoms. The maximum Gasteiger partial charge on any atom is 0.190 e. The summed E-state index contributed by atoms with van der Waals surface area (Å²) in [6.07, 6.45) is 6.51. The molecule has 0 aliphatic heterocycles. The van der Waals surface area contributed by atoms with Crippen LogP contribution in [0.2, 0.25) is 0 Å². The SMILES string of the molecule is CCCCCN(CCCCC)COC(C)[O]. The predicted molar refractivity (Wildman–Crippen MR) is 66.7 cm³/mol. The lowest BCUT2D eigenvalue weighted by atomic mass is 10.2. The third kappa shape index (κ3) is 10.4. The highest BCUT2D eigenvalue weighted by atomic mass is 16.6. The minimum absolute atomic E-state index is 0.498. The summed E-state index contributed by atoms with van der Waals surface area (Å²) in [4.78, 5) is 2.26. The van der Waals surface area contributed by atoms with Gasteiger partial charge < -0.3 is 4.74 Å². The fourth-order valence-electron chi connectivity index (χ4n) is 1.62. The third-order valence-corrected chi connectivity index (χ3v) is 2.65. The van der Waals surface area contributed by atoms with Gasteiger partial charge in [-0.1, -0.05) is 39.5 Å². The van der Waals surface area contributed by atoms with E-state index in [1.54, 1.807) is 6.92 Å². The van der Waals surface area contributed by atoms with Crippen molar-refractivity contribution in [2.75, 3.05) is 19.8 Å². The Bertz CT molecular complexity index is 130. The molecule has 16 heavy (non-hydrogen) atoms. The van der Waals surface area contributed by atoms with E-state index in [4.69, 9.17) is 4.74 Å². The van der Waals surface area contributed by atoms with Gasteiger partial charge in [0.05, 0.1) is 0 Å². The molecule has 1 unspecified atom stereocenters. The quantitative estimate of drug-likeness (QED) is 0.402. The molecular weight excluding hydrogens is 202 g/mol. The van der Waals surface area contributed by atoms with Gasteiger partial charge in [0, 0.05) is 13.1 Å². The van der Waals surface area contributed by atoms with Crippen LogP contribution in [-0.4, -0.2) is 31.0 Å². The standard InChI is InChI=1S/C13H28NO2/c1-4-6-8-10-14(11-9-7-5-2)12-16-13(3)15/h13H,4-12H2,1-3H3.